The van der Waals surface area contributed by atoms with E-state index in [1.807, 2.05) is 65.6 Å². The summed E-state index contributed by atoms with van der Waals surface area (Å²) in [6.45, 7) is 7.91. The molecule has 258 valence electrons. The van der Waals surface area contributed by atoms with Crippen LogP contribution in [0, 0.1) is 5.92 Å². The Labute approximate surface area is 289 Å². The second kappa shape index (κ2) is 13.0. The van der Waals surface area contributed by atoms with Gasteiger partial charge in [-0.3, -0.25) is 19.3 Å². The second-order valence-electron chi connectivity index (χ2n) is 14.6. The molecule has 3 saturated heterocycles. The number of carbonyl (C=O) groups is 3. The van der Waals surface area contributed by atoms with Crippen molar-refractivity contribution in [2.24, 2.45) is 5.92 Å². The number of aliphatic hydroxyl groups excluding tert-OH is 1. The van der Waals surface area contributed by atoms with Gasteiger partial charge in [0.05, 0.1) is 46.0 Å². The van der Waals surface area contributed by atoms with Crippen molar-refractivity contribution >= 4 is 48.0 Å². The number of rotatable bonds is 8. The molecule has 49 heavy (non-hydrogen) atoms. The molecule has 3 aromatic carbocycles. The summed E-state index contributed by atoms with van der Waals surface area (Å²) in [6.07, 6.45) is 3.52. The van der Waals surface area contributed by atoms with Crippen LogP contribution in [0.1, 0.15) is 51.0 Å². The topological polar surface area (TPSA) is 99.6 Å². The van der Waals surface area contributed by atoms with Crippen LogP contribution in [0.4, 0.5) is 17.1 Å². The molecule has 7 rings (SSSR count). The molecule has 0 aliphatic carbocycles. The largest absolute Gasteiger partial charge is 0.497 e. The highest BCUT2D eigenvalue weighted by molar-refractivity contribution is 6.91. The van der Waals surface area contributed by atoms with E-state index in [-0.39, 0.29) is 48.3 Å². The van der Waals surface area contributed by atoms with Gasteiger partial charge in [0.25, 0.3) is 5.91 Å². The van der Waals surface area contributed by atoms with E-state index in [9.17, 15) is 14.7 Å². The number of amides is 3. The second-order valence-corrected chi connectivity index (χ2v) is 19.3. The standard InChI is InChI=1S/C39H47N3O6Si/c1-26-37(49(3,4)31-18-16-30(47-2)17-19-31)34(24-36(45)41-22-10-13-29(41)25-43)48-39(26)32-23-28(40-21-9-8-14-35(40)44)15-20-33(32)42(38(39)46)27-11-6-5-7-12-27/h5-7,11-12,15-20,23,26,29,34,37,43H,8-10,13-14,21-22,24-25H2,1-4H3/t26-,29+,34+,37-,39+/m1/s1. The number of ether oxygens (including phenoxy) is 2. The molecule has 3 aromatic rings. The van der Waals surface area contributed by atoms with Crippen molar-refractivity contribution in [1.29, 1.82) is 0 Å². The quantitative estimate of drug-likeness (QED) is 0.317. The van der Waals surface area contributed by atoms with E-state index in [0.717, 1.165) is 54.1 Å². The first kappa shape index (κ1) is 33.5. The SMILES string of the molecule is COc1ccc([Si](C)(C)[C@H]2[C@H](CC(=O)N3CCC[C@H]3CO)O[C@@]3(C(=O)N(c4ccccc4)c4ccc(N5CCCCC5=O)cc43)[C@@H]2C)cc1. The minimum Gasteiger partial charge on any atom is -0.497 e. The predicted octanol–water partition coefficient (Wildman–Crippen LogP) is 5.48. The average molecular weight is 682 g/mol. The van der Waals surface area contributed by atoms with E-state index in [1.54, 1.807) is 16.9 Å². The maximum Gasteiger partial charge on any atom is 0.268 e. The van der Waals surface area contributed by atoms with Crippen molar-refractivity contribution in [2.75, 3.05) is 36.6 Å². The molecule has 4 aliphatic rings. The molecule has 0 saturated carbocycles. The molecule has 3 fully saturated rings. The zero-order chi connectivity index (χ0) is 34.5. The van der Waals surface area contributed by atoms with Gasteiger partial charge in [0.2, 0.25) is 11.8 Å². The molecule has 4 aliphatic heterocycles. The number of anilines is 3. The highest BCUT2D eigenvalue weighted by atomic mass is 28.3. The number of hydrogen-bond acceptors (Lipinski definition) is 6. The number of benzene rings is 3. The summed E-state index contributed by atoms with van der Waals surface area (Å²) in [7, 11) is -0.824. The third-order valence-corrected chi connectivity index (χ3v) is 16.0. The van der Waals surface area contributed by atoms with Gasteiger partial charge in [0.15, 0.2) is 5.60 Å². The maximum atomic E-state index is 15.2. The molecule has 0 aromatic heterocycles. The molecule has 1 spiro atoms. The molecule has 9 nitrogen and oxygen atoms in total. The molecule has 0 radical (unpaired) electrons. The van der Waals surface area contributed by atoms with Crippen LogP contribution < -0.4 is 19.7 Å². The fourth-order valence-electron chi connectivity index (χ4n) is 9.15. The van der Waals surface area contributed by atoms with Crippen LogP contribution in [0.2, 0.25) is 18.6 Å². The van der Waals surface area contributed by atoms with E-state index >= 15 is 4.79 Å². The van der Waals surface area contributed by atoms with E-state index in [0.29, 0.717) is 19.5 Å². The Morgan fingerprint density at radius 1 is 0.980 bits per heavy atom. The molecule has 3 amide bonds. The smallest absolute Gasteiger partial charge is 0.268 e. The number of fused-ring (bicyclic) bond motifs is 2. The molecule has 0 bridgehead atoms. The minimum absolute atomic E-state index is 0.0476. The summed E-state index contributed by atoms with van der Waals surface area (Å²) < 4.78 is 12.7. The van der Waals surface area contributed by atoms with E-state index in [1.165, 1.54) is 5.19 Å². The fourth-order valence-corrected chi connectivity index (χ4v) is 13.2. The van der Waals surface area contributed by atoms with Crippen molar-refractivity contribution in [2.45, 2.75) is 81.8 Å². The molecular weight excluding hydrogens is 635 g/mol. The van der Waals surface area contributed by atoms with Crippen LogP contribution in [0.15, 0.2) is 72.8 Å². The lowest BCUT2D eigenvalue weighted by Gasteiger charge is -2.37. The zero-order valence-electron chi connectivity index (χ0n) is 28.9. The van der Waals surface area contributed by atoms with Gasteiger partial charge in [-0.15, -0.1) is 0 Å². The Morgan fingerprint density at radius 2 is 1.73 bits per heavy atom. The summed E-state index contributed by atoms with van der Waals surface area (Å²) in [4.78, 5) is 47.8. The first-order valence-electron chi connectivity index (χ1n) is 17.7. The van der Waals surface area contributed by atoms with Crippen molar-refractivity contribution in [1.82, 2.24) is 4.90 Å². The summed E-state index contributed by atoms with van der Waals surface area (Å²) in [5.74, 6) is 0.345. The lowest BCUT2D eigenvalue weighted by atomic mass is 9.82. The average Bonchev–Trinajstić information content (AvgIpc) is 3.78. The lowest BCUT2D eigenvalue weighted by molar-refractivity contribution is -0.149. The first-order valence-corrected chi connectivity index (χ1v) is 20.8. The number of piperidine rings is 1. The fraction of sp³-hybridized carbons (Fsp3) is 0.462. The Morgan fingerprint density at radius 3 is 2.43 bits per heavy atom. The third kappa shape index (κ3) is 5.48. The van der Waals surface area contributed by atoms with E-state index in [2.05, 4.69) is 32.2 Å². The van der Waals surface area contributed by atoms with Gasteiger partial charge in [-0.2, -0.15) is 0 Å². The van der Waals surface area contributed by atoms with Crippen molar-refractivity contribution in [3.8, 4) is 5.75 Å². The van der Waals surface area contributed by atoms with E-state index in [4.69, 9.17) is 9.47 Å². The Hall–Kier alpha value is -3.99. The van der Waals surface area contributed by atoms with Crippen LogP contribution in [0.5, 0.6) is 5.75 Å². The maximum absolute atomic E-state index is 15.2. The molecule has 4 heterocycles. The Bertz CT molecular complexity index is 1730. The molecule has 1 N–H and O–H groups in total. The summed E-state index contributed by atoms with van der Waals surface area (Å²) in [6, 6.07) is 23.5. The number of methoxy groups -OCH3 is 1. The number of nitrogens with zero attached hydrogens (tertiary/aromatic N) is 3. The van der Waals surface area contributed by atoms with Gasteiger partial charge in [-0.1, -0.05) is 55.5 Å². The van der Waals surface area contributed by atoms with Gasteiger partial charge in [0, 0.05) is 42.4 Å². The third-order valence-electron chi connectivity index (χ3n) is 11.7. The Kier molecular flexibility index (Phi) is 8.92. The lowest BCUT2D eigenvalue weighted by Crippen LogP contribution is -2.52. The molecule has 0 unspecified atom stereocenters. The highest BCUT2D eigenvalue weighted by Gasteiger charge is 2.67. The van der Waals surface area contributed by atoms with Crippen LogP contribution >= 0.6 is 0 Å². The zero-order valence-corrected chi connectivity index (χ0v) is 29.9. The van der Waals surface area contributed by atoms with Gasteiger partial charge in [0.1, 0.15) is 5.75 Å². The predicted molar refractivity (Wildman–Crippen MR) is 192 cm³/mol. The number of para-hydroxylation sites is 1. The van der Waals surface area contributed by atoms with Crippen LogP contribution in [-0.2, 0) is 24.7 Å². The van der Waals surface area contributed by atoms with Gasteiger partial charge in [-0.05, 0) is 73.7 Å². The Balaban J connectivity index is 1.37. The van der Waals surface area contributed by atoms with Crippen LogP contribution in [-0.4, -0.2) is 74.8 Å². The number of aliphatic hydroxyl groups is 1. The monoisotopic (exact) mass is 681 g/mol. The van der Waals surface area contributed by atoms with Crippen molar-refractivity contribution < 1.29 is 29.0 Å². The van der Waals surface area contributed by atoms with Crippen molar-refractivity contribution in [3.05, 3.63) is 78.4 Å². The first-order chi connectivity index (χ1) is 23.6. The van der Waals surface area contributed by atoms with Gasteiger partial charge < -0.3 is 24.4 Å². The van der Waals surface area contributed by atoms with Gasteiger partial charge in [-0.25, -0.2) is 0 Å². The molecule has 5 atom stereocenters. The number of hydrogen-bond donors (Lipinski definition) is 1. The summed E-state index contributed by atoms with van der Waals surface area (Å²) >= 11 is 0. The van der Waals surface area contributed by atoms with Crippen molar-refractivity contribution in [3.63, 3.8) is 0 Å². The summed E-state index contributed by atoms with van der Waals surface area (Å²) in [5.41, 5.74) is 1.52. The minimum atomic E-state index is -2.48. The van der Waals surface area contributed by atoms with E-state index < -0.39 is 19.8 Å². The number of likely N-dealkylation sites (tertiary alicyclic amines) is 1. The van der Waals surface area contributed by atoms with Gasteiger partial charge >= 0.3 is 0 Å². The molecule has 10 heteroatoms. The van der Waals surface area contributed by atoms with Crippen LogP contribution in [0.3, 0.4) is 0 Å². The molecular formula is C39H47N3O6Si. The number of carbonyl (C=O) groups excluding carboxylic acids is 3. The highest BCUT2D eigenvalue weighted by Crippen LogP contribution is 2.61. The van der Waals surface area contributed by atoms with Crippen LogP contribution in [0.25, 0.3) is 0 Å². The normalized spacial score (nSPS) is 26.9. The summed E-state index contributed by atoms with van der Waals surface area (Å²) in [5, 5.41) is 11.2.